The summed E-state index contributed by atoms with van der Waals surface area (Å²) in [5.41, 5.74) is 2.73. The van der Waals surface area contributed by atoms with E-state index in [2.05, 4.69) is 49.8 Å². The third kappa shape index (κ3) is 4.14. The van der Waals surface area contributed by atoms with E-state index in [1.165, 1.54) is 24.1 Å². The molecule has 0 aromatic carbocycles. The van der Waals surface area contributed by atoms with E-state index < -0.39 is 0 Å². The molecule has 1 aliphatic rings. The van der Waals surface area contributed by atoms with Crippen molar-refractivity contribution in [3.8, 4) is 0 Å². The van der Waals surface area contributed by atoms with Crippen molar-refractivity contribution >= 4 is 0 Å². The Bertz CT molecular complexity index is 386. The molecule has 0 spiro atoms. The van der Waals surface area contributed by atoms with Gasteiger partial charge in [-0.15, -0.1) is 0 Å². The molecule has 0 radical (unpaired) electrons. The molecule has 18 heavy (non-hydrogen) atoms. The number of nitrogens with zero attached hydrogens (tertiary/aromatic N) is 1. The molecule has 0 atom stereocenters. The molecule has 1 fully saturated rings. The van der Waals surface area contributed by atoms with Gasteiger partial charge in [-0.2, -0.15) is 0 Å². The lowest BCUT2D eigenvalue weighted by Gasteiger charge is -2.20. The molecule has 3 nitrogen and oxygen atoms in total. The van der Waals surface area contributed by atoms with Crippen molar-refractivity contribution in [2.75, 3.05) is 6.61 Å². The van der Waals surface area contributed by atoms with Gasteiger partial charge in [-0.05, 0) is 52.2 Å². The minimum Gasteiger partial charge on any atom is -0.374 e. The van der Waals surface area contributed by atoms with Gasteiger partial charge in [-0.3, -0.25) is 0 Å². The molecule has 1 saturated carbocycles. The van der Waals surface area contributed by atoms with E-state index in [-0.39, 0.29) is 5.60 Å². The maximum Gasteiger partial charge on any atom is 0.0652 e. The number of hydrogen-bond acceptors (Lipinski definition) is 2. The van der Waals surface area contributed by atoms with Crippen LogP contribution in [0.4, 0.5) is 0 Å². The van der Waals surface area contributed by atoms with Gasteiger partial charge in [0, 0.05) is 31.0 Å². The van der Waals surface area contributed by atoms with Gasteiger partial charge >= 0.3 is 0 Å². The second-order valence-electron chi connectivity index (χ2n) is 6.24. The van der Waals surface area contributed by atoms with Crippen LogP contribution >= 0.6 is 0 Å². The van der Waals surface area contributed by atoms with E-state index in [1.54, 1.807) is 0 Å². The first-order valence-electron chi connectivity index (χ1n) is 6.98. The summed E-state index contributed by atoms with van der Waals surface area (Å²) in [6.45, 7) is 11.2. The summed E-state index contributed by atoms with van der Waals surface area (Å²) >= 11 is 0. The van der Waals surface area contributed by atoms with Crippen LogP contribution in [0.25, 0.3) is 0 Å². The lowest BCUT2D eigenvalue weighted by atomic mass is 10.2. The summed E-state index contributed by atoms with van der Waals surface area (Å²) in [4.78, 5) is 0. The van der Waals surface area contributed by atoms with Crippen LogP contribution in [0.15, 0.2) is 12.3 Å². The summed E-state index contributed by atoms with van der Waals surface area (Å²) in [6, 6.07) is 3.00. The van der Waals surface area contributed by atoms with Crippen LogP contribution in [0.1, 0.15) is 44.9 Å². The maximum atomic E-state index is 5.77. The fraction of sp³-hybridized carbons (Fsp3) is 0.733. The zero-order chi connectivity index (χ0) is 13.2. The number of rotatable bonds is 6. The Labute approximate surface area is 111 Å². The highest BCUT2D eigenvalue weighted by molar-refractivity contribution is 5.21. The van der Waals surface area contributed by atoms with Crippen LogP contribution < -0.4 is 5.32 Å². The quantitative estimate of drug-likeness (QED) is 0.840. The van der Waals surface area contributed by atoms with Crippen LogP contribution in [0.2, 0.25) is 0 Å². The van der Waals surface area contributed by atoms with Crippen molar-refractivity contribution < 1.29 is 4.74 Å². The van der Waals surface area contributed by atoms with E-state index in [4.69, 9.17) is 4.74 Å². The molecule has 1 aromatic rings. The molecule has 0 amide bonds. The monoisotopic (exact) mass is 250 g/mol. The highest BCUT2D eigenvalue weighted by Gasteiger charge is 2.20. The standard InChI is InChI=1S/C15H26N2O/c1-12-13(11-16-14-5-6-14)7-8-17(12)9-10-18-15(2,3)4/h7-8,14,16H,5-6,9-11H2,1-4H3. The van der Waals surface area contributed by atoms with Crippen LogP contribution in [0.5, 0.6) is 0 Å². The number of nitrogens with one attached hydrogen (secondary N) is 1. The van der Waals surface area contributed by atoms with E-state index in [0.29, 0.717) is 0 Å². The van der Waals surface area contributed by atoms with Crippen molar-refractivity contribution in [1.29, 1.82) is 0 Å². The molecule has 1 aliphatic carbocycles. The predicted molar refractivity (Wildman–Crippen MR) is 74.7 cm³/mol. The molecule has 1 N–H and O–H groups in total. The third-order valence-corrected chi connectivity index (χ3v) is 3.38. The van der Waals surface area contributed by atoms with E-state index in [0.717, 1.165) is 25.7 Å². The molecular weight excluding hydrogens is 224 g/mol. The molecule has 0 saturated heterocycles. The number of ether oxygens (including phenoxy) is 1. The minimum absolute atomic E-state index is 0.0442. The molecule has 2 rings (SSSR count). The summed E-state index contributed by atoms with van der Waals surface area (Å²) in [5.74, 6) is 0. The van der Waals surface area contributed by atoms with Crippen LogP contribution in [-0.4, -0.2) is 22.8 Å². The fourth-order valence-corrected chi connectivity index (χ4v) is 2.02. The van der Waals surface area contributed by atoms with Gasteiger partial charge in [-0.1, -0.05) is 0 Å². The van der Waals surface area contributed by atoms with E-state index >= 15 is 0 Å². The Kier molecular flexibility index (Phi) is 4.13. The van der Waals surface area contributed by atoms with E-state index in [9.17, 15) is 0 Å². The second-order valence-corrected chi connectivity index (χ2v) is 6.24. The topological polar surface area (TPSA) is 26.2 Å². The van der Waals surface area contributed by atoms with Gasteiger partial charge in [0.05, 0.1) is 12.2 Å². The molecule has 3 heteroatoms. The van der Waals surface area contributed by atoms with E-state index in [1.807, 2.05) is 0 Å². The Morgan fingerprint density at radius 3 is 2.72 bits per heavy atom. The molecule has 102 valence electrons. The molecular formula is C15H26N2O. The first kappa shape index (κ1) is 13.6. The smallest absolute Gasteiger partial charge is 0.0652 e. The Morgan fingerprint density at radius 2 is 2.11 bits per heavy atom. The summed E-state index contributed by atoms with van der Waals surface area (Å²) in [5, 5.41) is 3.56. The minimum atomic E-state index is -0.0442. The zero-order valence-electron chi connectivity index (χ0n) is 12.1. The number of aromatic nitrogens is 1. The Balaban J connectivity index is 1.81. The van der Waals surface area contributed by atoms with Gasteiger partial charge in [0.1, 0.15) is 0 Å². The van der Waals surface area contributed by atoms with Crippen molar-refractivity contribution in [1.82, 2.24) is 9.88 Å². The van der Waals surface area contributed by atoms with Crippen LogP contribution in [-0.2, 0) is 17.8 Å². The van der Waals surface area contributed by atoms with Gasteiger partial charge in [0.15, 0.2) is 0 Å². The van der Waals surface area contributed by atoms with Gasteiger partial charge < -0.3 is 14.6 Å². The van der Waals surface area contributed by atoms with Crippen molar-refractivity contribution in [3.05, 3.63) is 23.5 Å². The summed E-state index contributed by atoms with van der Waals surface area (Å²) in [7, 11) is 0. The Morgan fingerprint density at radius 1 is 1.39 bits per heavy atom. The van der Waals surface area contributed by atoms with Gasteiger partial charge in [0.2, 0.25) is 0 Å². The largest absolute Gasteiger partial charge is 0.374 e. The lowest BCUT2D eigenvalue weighted by molar-refractivity contribution is -0.00696. The average molecular weight is 250 g/mol. The molecule has 1 aromatic heterocycles. The first-order valence-corrected chi connectivity index (χ1v) is 6.98. The predicted octanol–water partition coefficient (Wildman–Crippen LogP) is 2.86. The highest BCUT2D eigenvalue weighted by atomic mass is 16.5. The van der Waals surface area contributed by atoms with Crippen molar-refractivity contribution in [2.24, 2.45) is 0 Å². The fourth-order valence-electron chi connectivity index (χ4n) is 2.02. The molecule has 0 bridgehead atoms. The SMILES string of the molecule is Cc1c(CNC2CC2)ccn1CCOC(C)(C)C. The van der Waals surface area contributed by atoms with Gasteiger partial charge in [0.25, 0.3) is 0 Å². The van der Waals surface area contributed by atoms with Gasteiger partial charge in [-0.25, -0.2) is 0 Å². The highest BCUT2D eigenvalue weighted by Crippen LogP contribution is 2.20. The Hall–Kier alpha value is -0.800. The summed E-state index contributed by atoms with van der Waals surface area (Å²) in [6.07, 6.45) is 4.86. The van der Waals surface area contributed by atoms with Crippen LogP contribution in [0, 0.1) is 6.92 Å². The average Bonchev–Trinajstić information content (AvgIpc) is 3.03. The maximum absolute atomic E-state index is 5.77. The molecule has 0 unspecified atom stereocenters. The van der Waals surface area contributed by atoms with Crippen LogP contribution in [0.3, 0.4) is 0 Å². The molecule has 1 heterocycles. The normalized spacial score (nSPS) is 16.2. The second kappa shape index (κ2) is 5.45. The van der Waals surface area contributed by atoms with Crippen molar-refractivity contribution in [3.63, 3.8) is 0 Å². The zero-order valence-corrected chi connectivity index (χ0v) is 12.1. The summed E-state index contributed by atoms with van der Waals surface area (Å²) < 4.78 is 8.06. The lowest BCUT2D eigenvalue weighted by Crippen LogP contribution is -2.22. The third-order valence-electron chi connectivity index (χ3n) is 3.38. The molecule has 0 aliphatic heterocycles. The van der Waals surface area contributed by atoms with Crippen molar-refractivity contribution in [2.45, 2.75) is 65.3 Å². The number of hydrogen-bond donors (Lipinski definition) is 1. The first-order chi connectivity index (χ1) is 8.46.